The van der Waals surface area contributed by atoms with Crippen LogP contribution in [-0.4, -0.2) is 24.5 Å². The second-order valence-corrected chi connectivity index (χ2v) is 4.84. The van der Waals surface area contributed by atoms with Gasteiger partial charge in [0, 0.05) is 12.6 Å². The van der Waals surface area contributed by atoms with Crippen LogP contribution in [0.2, 0.25) is 0 Å². The van der Waals surface area contributed by atoms with Gasteiger partial charge < -0.3 is 10.6 Å². The molecule has 0 heterocycles. The molecule has 1 aliphatic rings. The molecule has 0 radical (unpaired) electrons. The Balaban J connectivity index is 2.41. The second-order valence-electron chi connectivity index (χ2n) is 4.84. The van der Waals surface area contributed by atoms with Gasteiger partial charge in [-0.05, 0) is 32.6 Å². The van der Waals surface area contributed by atoms with E-state index in [1.54, 1.807) is 0 Å². The van der Waals surface area contributed by atoms with Gasteiger partial charge in [-0.3, -0.25) is 4.79 Å². The lowest BCUT2D eigenvalue weighted by atomic mass is 9.82. The number of likely N-dealkylation sites (N-methyl/N-ethyl adjacent to an activating group) is 1. The second kappa shape index (κ2) is 6.89. The van der Waals surface area contributed by atoms with Crippen LogP contribution in [0.4, 0.5) is 0 Å². The Morgan fingerprint density at radius 2 is 2.00 bits per heavy atom. The Labute approximate surface area is 99.4 Å². The van der Waals surface area contributed by atoms with Gasteiger partial charge in [-0.2, -0.15) is 0 Å². The van der Waals surface area contributed by atoms with Gasteiger partial charge in [0.05, 0.1) is 6.04 Å². The van der Waals surface area contributed by atoms with Crippen LogP contribution in [0, 0.1) is 5.92 Å². The van der Waals surface area contributed by atoms with Crippen LogP contribution in [0.3, 0.4) is 0 Å². The molecular formula is C13H26N2O. The molecular weight excluding hydrogens is 200 g/mol. The van der Waals surface area contributed by atoms with Crippen molar-refractivity contribution in [1.82, 2.24) is 10.6 Å². The zero-order valence-corrected chi connectivity index (χ0v) is 10.9. The van der Waals surface area contributed by atoms with Crippen molar-refractivity contribution in [2.75, 3.05) is 6.54 Å². The SMILES string of the molecule is CCNC(=O)C(C)NC1CCCCC1CC. The van der Waals surface area contributed by atoms with Gasteiger partial charge in [0.2, 0.25) is 5.91 Å². The Bertz CT molecular complexity index is 218. The smallest absolute Gasteiger partial charge is 0.236 e. The van der Waals surface area contributed by atoms with Crippen molar-refractivity contribution in [2.24, 2.45) is 5.92 Å². The summed E-state index contributed by atoms with van der Waals surface area (Å²) in [5, 5.41) is 6.36. The van der Waals surface area contributed by atoms with E-state index in [9.17, 15) is 4.79 Å². The molecule has 3 unspecified atom stereocenters. The van der Waals surface area contributed by atoms with Gasteiger partial charge >= 0.3 is 0 Å². The van der Waals surface area contributed by atoms with E-state index in [0.29, 0.717) is 12.6 Å². The third kappa shape index (κ3) is 3.78. The standard InChI is InChI=1S/C13H26N2O/c1-4-11-8-6-7-9-12(11)15-10(3)13(16)14-5-2/h10-12,15H,4-9H2,1-3H3,(H,14,16). The third-order valence-electron chi connectivity index (χ3n) is 3.64. The highest BCUT2D eigenvalue weighted by molar-refractivity contribution is 5.81. The molecule has 1 rings (SSSR count). The van der Waals surface area contributed by atoms with Gasteiger partial charge in [-0.15, -0.1) is 0 Å². The third-order valence-corrected chi connectivity index (χ3v) is 3.64. The van der Waals surface area contributed by atoms with Crippen LogP contribution in [0.25, 0.3) is 0 Å². The fraction of sp³-hybridized carbons (Fsp3) is 0.923. The van der Waals surface area contributed by atoms with E-state index in [0.717, 1.165) is 5.92 Å². The first-order chi connectivity index (χ1) is 7.69. The molecule has 3 nitrogen and oxygen atoms in total. The van der Waals surface area contributed by atoms with E-state index in [4.69, 9.17) is 0 Å². The molecule has 1 amide bonds. The van der Waals surface area contributed by atoms with Crippen molar-refractivity contribution >= 4 is 5.91 Å². The molecule has 0 aliphatic heterocycles. The maximum Gasteiger partial charge on any atom is 0.236 e. The number of hydrogen-bond acceptors (Lipinski definition) is 2. The van der Waals surface area contributed by atoms with E-state index < -0.39 is 0 Å². The first-order valence-corrected chi connectivity index (χ1v) is 6.72. The van der Waals surface area contributed by atoms with E-state index in [1.807, 2.05) is 13.8 Å². The zero-order chi connectivity index (χ0) is 12.0. The van der Waals surface area contributed by atoms with Crippen LogP contribution in [0.1, 0.15) is 52.9 Å². The molecule has 0 bridgehead atoms. The van der Waals surface area contributed by atoms with Crippen molar-refractivity contribution in [3.63, 3.8) is 0 Å². The number of hydrogen-bond donors (Lipinski definition) is 2. The highest BCUT2D eigenvalue weighted by atomic mass is 16.2. The molecule has 0 saturated heterocycles. The first-order valence-electron chi connectivity index (χ1n) is 6.72. The molecule has 1 fully saturated rings. The predicted molar refractivity (Wildman–Crippen MR) is 67.3 cm³/mol. The Kier molecular flexibility index (Phi) is 5.81. The summed E-state index contributed by atoms with van der Waals surface area (Å²) in [5.74, 6) is 0.883. The monoisotopic (exact) mass is 226 g/mol. The van der Waals surface area contributed by atoms with Crippen molar-refractivity contribution < 1.29 is 4.79 Å². The van der Waals surface area contributed by atoms with Gasteiger partial charge in [-0.1, -0.05) is 26.2 Å². The normalized spacial score (nSPS) is 27.4. The Morgan fingerprint density at radius 1 is 1.31 bits per heavy atom. The molecule has 0 spiro atoms. The Hall–Kier alpha value is -0.570. The first kappa shape index (κ1) is 13.5. The average Bonchev–Trinajstić information content (AvgIpc) is 2.30. The molecule has 16 heavy (non-hydrogen) atoms. The van der Waals surface area contributed by atoms with Gasteiger partial charge in [0.15, 0.2) is 0 Å². The van der Waals surface area contributed by atoms with E-state index in [-0.39, 0.29) is 11.9 Å². The number of nitrogens with one attached hydrogen (secondary N) is 2. The largest absolute Gasteiger partial charge is 0.355 e. The summed E-state index contributed by atoms with van der Waals surface area (Å²) in [6.07, 6.45) is 6.42. The molecule has 0 aromatic rings. The molecule has 1 aliphatic carbocycles. The highest BCUT2D eigenvalue weighted by Gasteiger charge is 2.26. The minimum Gasteiger partial charge on any atom is -0.355 e. The number of amides is 1. The summed E-state index contributed by atoms with van der Waals surface area (Å²) < 4.78 is 0. The lowest BCUT2D eigenvalue weighted by Gasteiger charge is -2.33. The summed E-state index contributed by atoms with van der Waals surface area (Å²) in [6.45, 7) is 6.89. The lowest BCUT2D eigenvalue weighted by Crippen LogP contribution is -2.49. The molecule has 0 aromatic carbocycles. The maximum absolute atomic E-state index is 11.6. The summed E-state index contributed by atoms with van der Waals surface area (Å²) in [4.78, 5) is 11.6. The average molecular weight is 226 g/mol. The topological polar surface area (TPSA) is 41.1 Å². The number of carbonyl (C=O) groups is 1. The van der Waals surface area contributed by atoms with Crippen LogP contribution in [0.5, 0.6) is 0 Å². The number of rotatable bonds is 5. The molecule has 1 saturated carbocycles. The van der Waals surface area contributed by atoms with Crippen molar-refractivity contribution in [2.45, 2.75) is 65.0 Å². The van der Waals surface area contributed by atoms with E-state index in [1.165, 1.54) is 32.1 Å². The van der Waals surface area contributed by atoms with Gasteiger partial charge in [-0.25, -0.2) is 0 Å². The van der Waals surface area contributed by atoms with Gasteiger partial charge in [0.1, 0.15) is 0 Å². The molecule has 3 atom stereocenters. The van der Waals surface area contributed by atoms with Crippen LogP contribution >= 0.6 is 0 Å². The van der Waals surface area contributed by atoms with Gasteiger partial charge in [0.25, 0.3) is 0 Å². The minimum atomic E-state index is -0.0582. The molecule has 94 valence electrons. The highest BCUT2D eigenvalue weighted by Crippen LogP contribution is 2.26. The molecule has 0 aromatic heterocycles. The summed E-state index contributed by atoms with van der Waals surface area (Å²) in [7, 11) is 0. The fourth-order valence-electron chi connectivity index (χ4n) is 2.64. The van der Waals surface area contributed by atoms with E-state index in [2.05, 4.69) is 17.6 Å². The summed E-state index contributed by atoms with van der Waals surface area (Å²) in [5.41, 5.74) is 0. The number of carbonyl (C=O) groups excluding carboxylic acids is 1. The Morgan fingerprint density at radius 3 is 2.62 bits per heavy atom. The molecule has 2 N–H and O–H groups in total. The van der Waals surface area contributed by atoms with Crippen LogP contribution < -0.4 is 10.6 Å². The molecule has 3 heteroatoms. The lowest BCUT2D eigenvalue weighted by molar-refractivity contribution is -0.123. The van der Waals surface area contributed by atoms with Crippen molar-refractivity contribution in [3.8, 4) is 0 Å². The predicted octanol–water partition coefficient (Wildman–Crippen LogP) is 2.07. The van der Waals surface area contributed by atoms with E-state index >= 15 is 0 Å². The summed E-state index contributed by atoms with van der Waals surface area (Å²) in [6, 6.07) is 0.480. The van der Waals surface area contributed by atoms with Crippen LogP contribution in [-0.2, 0) is 4.79 Å². The quantitative estimate of drug-likeness (QED) is 0.753. The fourth-order valence-corrected chi connectivity index (χ4v) is 2.64. The summed E-state index contributed by atoms with van der Waals surface area (Å²) >= 11 is 0. The minimum absolute atomic E-state index is 0.0582. The van der Waals surface area contributed by atoms with Crippen molar-refractivity contribution in [1.29, 1.82) is 0 Å². The maximum atomic E-state index is 11.6. The van der Waals surface area contributed by atoms with Crippen molar-refractivity contribution in [3.05, 3.63) is 0 Å². The van der Waals surface area contributed by atoms with Crippen LogP contribution in [0.15, 0.2) is 0 Å². The zero-order valence-electron chi connectivity index (χ0n) is 10.9.